The summed E-state index contributed by atoms with van der Waals surface area (Å²) in [5.41, 5.74) is 1.32. The smallest absolute Gasteiger partial charge is 0.312 e. The number of rotatable bonds is 2. The first kappa shape index (κ1) is 21.3. The van der Waals surface area contributed by atoms with Crippen molar-refractivity contribution in [3.63, 3.8) is 0 Å². The fourth-order valence-corrected chi connectivity index (χ4v) is 4.79. The summed E-state index contributed by atoms with van der Waals surface area (Å²) < 4.78 is 25.7. The zero-order valence-corrected chi connectivity index (χ0v) is 18.7. The number of hydrogen-bond donors (Lipinski definition) is 1. The van der Waals surface area contributed by atoms with Crippen molar-refractivity contribution >= 4 is 40.3 Å². The number of pyridine rings is 1. The van der Waals surface area contributed by atoms with Crippen LogP contribution in [0.1, 0.15) is 39.4 Å². The topological polar surface area (TPSA) is 85.5 Å². The minimum absolute atomic E-state index is 0.0214. The van der Waals surface area contributed by atoms with Crippen LogP contribution in [0.5, 0.6) is 11.5 Å². The van der Waals surface area contributed by atoms with Crippen molar-refractivity contribution in [3.05, 3.63) is 110 Å². The standard InChI is InChI=1S/C27H15ClFNO5/c28-18-5-3-6-19(29)17(18)11-22-25(32)14-8-9-21-24(26(14)35-22)15(12-23(31)34-21)16-10-13-4-1-2-7-20(13)30-27(16)33/h1-11,15H,12H2,(H,30,33)/b22-11+/t15-/m0/s1. The molecule has 6 rings (SSSR count). The zero-order valence-electron chi connectivity index (χ0n) is 17.9. The number of hydrogen-bond acceptors (Lipinski definition) is 5. The molecule has 1 aromatic heterocycles. The molecule has 0 radical (unpaired) electrons. The largest absolute Gasteiger partial charge is 0.452 e. The molecule has 2 aliphatic rings. The van der Waals surface area contributed by atoms with Gasteiger partial charge in [-0.15, -0.1) is 0 Å². The molecule has 4 aromatic rings. The summed E-state index contributed by atoms with van der Waals surface area (Å²) in [6, 6.07) is 16.2. The van der Waals surface area contributed by atoms with Crippen LogP contribution in [0.3, 0.4) is 0 Å². The minimum atomic E-state index is -0.709. The van der Waals surface area contributed by atoms with Crippen molar-refractivity contribution in [2.75, 3.05) is 0 Å². The molecule has 0 saturated carbocycles. The van der Waals surface area contributed by atoms with E-state index in [1.807, 2.05) is 18.2 Å². The third-order valence-corrected chi connectivity index (χ3v) is 6.54. The van der Waals surface area contributed by atoms with Crippen LogP contribution < -0.4 is 15.0 Å². The van der Waals surface area contributed by atoms with E-state index < -0.39 is 23.5 Å². The number of H-pyrrole nitrogens is 1. The Balaban J connectivity index is 1.52. The number of Topliss-reactive ketones (excluding diaryl/α,β-unsaturated/α-hetero) is 1. The summed E-state index contributed by atoms with van der Waals surface area (Å²) in [5, 5.41) is 0.920. The molecule has 6 nitrogen and oxygen atoms in total. The average molecular weight is 488 g/mol. The van der Waals surface area contributed by atoms with Crippen LogP contribution in [0, 0.1) is 5.82 Å². The third kappa shape index (κ3) is 3.43. The van der Waals surface area contributed by atoms with Gasteiger partial charge in [-0.25, -0.2) is 4.39 Å². The lowest BCUT2D eigenvalue weighted by molar-refractivity contribution is -0.135. The Labute approximate surface area is 202 Å². The predicted octanol–water partition coefficient (Wildman–Crippen LogP) is 5.38. The summed E-state index contributed by atoms with van der Waals surface area (Å²) in [6.45, 7) is 0. The summed E-state index contributed by atoms with van der Waals surface area (Å²) in [6.07, 6.45) is 1.14. The highest BCUT2D eigenvalue weighted by molar-refractivity contribution is 6.32. The lowest BCUT2D eigenvalue weighted by Gasteiger charge is -2.26. The van der Waals surface area contributed by atoms with Gasteiger partial charge >= 0.3 is 5.97 Å². The van der Waals surface area contributed by atoms with Crippen LogP contribution in [0.2, 0.25) is 5.02 Å². The van der Waals surface area contributed by atoms with Crippen LogP contribution in [0.25, 0.3) is 17.0 Å². The third-order valence-electron chi connectivity index (χ3n) is 6.21. The van der Waals surface area contributed by atoms with Crippen molar-refractivity contribution in [3.8, 4) is 11.5 Å². The van der Waals surface area contributed by atoms with E-state index in [0.29, 0.717) is 16.6 Å². The predicted molar refractivity (Wildman–Crippen MR) is 127 cm³/mol. The number of aromatic nitrogens is 1. The molecule has 0 amide bonds. The lowest BCUT2D eigenvalue weighted by Crippen LogP contribution is -2.26. The molecule has 0 aliphatic carbocycles. The van der Waals surface area contributed by atoms with Gasteiger partial charge in [-0.1, -0.05) is 35.9 Å². The summed E-state index contributed by atoms with van der Waals surface area (Å²) in [7, 11) is 0. The molecule has 0 unspecified atom stereocenters. The molecule has 1 atom stereocenters. The van der Waals surface area contributed by atoms with E-state index in [4.69, 9.17) is 21.1 Å². The Morgan fingerprint density at radius 1 is 1.00 bits per heavy atom. The number of allylic oxidation sites excluding steroid dienone is 1. The quantitative estimate of drug-likeness (QED) is 0.233. The van der Waals surface area contributed by atoms with Gasteiger partial charge in [-0.2, -0.15) is 0 Å². The number of ketones is 1. The number of halogens is 2. The SMILES string of the molecule is O=C1C[C@@H](c2cc3ccccc3[nH]c2=O)c2c(ccc3c2O/C(=C/c2c(F)cccc2Cl)C3=O)O1. The van der Waals surface area contributed by atoms with Gasteiger partial charge < -0.3 is 14.5 Å². The Kier molecular flexibility index (Phi) is 4.82. The maximum Gasteiger partial charge on any atom is 0.312 e. The highest BCUT2D eigenvalue weighted by atomic mass is 35.5. The van der Waals surface area contributed by atoms with Gasteiger partial charge in [0.2, 0.25) is 5.78 Å². The lowest BCUT2D eigenvalue weighted by atomic mass is 9.85. The van der Waals surface area contributed by atoms with Gasteiger partial charge in [0.25, 0.3) is 5.56 Å². The number of aromatic amines is 1. The molecule has 0 saturated heterocycles. The fourth-order valence-electron chi connectivity index (χ4n) is 4.57. The Morgan fingerprint density at radius 2 is 1.83 bits per heavy atom. The van der Waals surface area contributed by atoms with Crippen molar-refractivity contribution < 1.29 is 23.5 Å². The normalized spacial score (nSPS) is 17.8. The highest BCUT2D eigenvalue weighted by Gasteiger charge is 2.39. The Morgan fingerprint density at radius 3 is 2.66 bits per heavy atom. The first-order valence-corrected chi connectivity index (χ1v) is 11.2. The van der Waals surface area contributed by atoms with Crippen molar-refractivity contribution in [2.45, 2.75) is 12.3 Å². The molecule has 8 heteroatoms. The van der Waals surface area contributed by atoms with Gasteiger partial charge in [0, 0.05) is 28.1 Å². The van der Waals surface area contributed by atoms with Crippen molar-refractivity contribution in [2.24, 2.45) is 0 Å². The Bertz CT molecular complexity index is 1650. The first-order valence-electron chi connectivity index (χ1n) is 10.8. The van der Waals surface area contributed by atoms with Gasteiger partial charge in [0.15, 0.2) is 5.76 Å². The summed E-state index contributed by atoms with van der Waals surface area (Å²) in [4.78, 5) is 41.4. The molecule has 35 heavy (non-hydrogen) atoms. The number of carbonyl (C=O) groups is 2. The zero-order chi connectivity index (χ0) is 24.3. The van der Waals surface area contributed by atoms with E-state index in [-0.39, 0.29) is 45.4 Å². The number of carbonyl (C=O) groups excluding carboxylic acids is 2. The van der Waals surface area contributed by atoms with E-state index in [0.717, 1.165) is 5.39 Å². The van der Waals surface area contributed by atoms with E-state index in [1.165, 1.54) is 36.4 Å². The van der Waals surface area contributed by atoms with Crippen LogP contribution >= 0.6 is 11.6 Å². The van der Waals surface area contributed by atoms with Crippen molar-refractivity contribution in [1.29, 1.82) is 0 Å². The van der Waals surface area contributed by atoms with E-state index in [2.05, 4.69) is 4.98 Å². The first-order chi connectivity index (χ1) is 16.9. The van der Waals surface area contributed by atoms with Gasteiger partial charge in [-0.05, 0) is 47.9 Å². The molecular weight excluding hydrogens is 473 g/mol. The second-order valence-corrected chi connectivity index (χ2v) is 8.71. The molecular formula is C27H15ClFNO5. The second kappa shape index (κ2) is 7.92. The average Bonchev–Trinajstić information content (AvgIpc) is 3.15. The molecule has 1 N–H and O–H groups in total. The number of nitrogens with one attached hydrogen (secondary N) is 1. The molecule has 0 spiro atoms. The van der Waals surface area contributed by atoms with Crippen molar-refractivity contribution in [1.82, 2.24) is 4.98 Å². The summed E-state index contributed by atoms with van der Waals surface area (Å²) in [5.74, 6) is -2.03. The number of ether oxygens (including phenoxy) is 2. The van der Waals surface area contributed by atoms with E-state index in [9.17, 15) is 18.8 Å². The molecule has 2 aliphatic heterocycles. The number of esters is 1. The highest BCUT2D eigenvalue weighted by Crippen LogP contribution is 2.48. The van der Waals surface area contributed by atoms with Crippen LogP contribution in [-0.4, -0.2) is 16.7 Å². The maximum absolute atomic E-state index is 14.3. The molecule has 172 valence electrons. The number of fused-ring (bicyclic) bond motifs is 4. The van der Waals surface area contributed by atoms with Crippen LogP contribution in [0.4, 0.5) is 4.39 Å². The molecule has 0 fully saturated rings. The minimum Gasteiger partial charge on any atom is -0.452 e. The van der Waals surface area contributed by atoms with Crippen LogP contribution in [0.15, 0.2) is 71.2 Å². The molecule has 3 aromatic carbocycles. The monoisotopic (exact) mass is 487 g/mol. The van der Waals surface area contributed by atoms with Crippen LogP contribution in [-0.2, 0) is 4.79 Å². The summed E-state index contributed by atoms with van der Waals surface area (Å²) >= 11 is 6.12. The number of para-hydroxylation sites is 1. The van der Waals surface area contributed by atoms with E-state index >= 15 is 0 Å². The molecule has 0 bridgehead atoms. The maximum atomic E-state index is 14.3. The van der Waals surface area contributed by atoms with Gasteiger partial charge in [-0.3, -0.25) is 14.4 Å². The van der Waals surface area contributed by atoms with Gasteiger partial charge in [0.1, 0.15) is 17.3 Å². The van der Waals surface area contributed by atoms with Gasteiger partial charge in [0.05, 0.1) is 17.0 Å². The number of benzene rings is 3. The molecule has 3 heterocycles. The second-order valence-electron chi connectivity index (χ2n) is 8.30. The fraction of sp³-hybridized carbons (Fsp3) is 0.0741. The Hall–Kier alpha value is -4.23. The van der Waals surface area contributed by atoms with E-state index in [1.54, 1.807) is 12.1 Å².